The van der Waals surface area contributed by atoms with E-state index in [1.165, 1.54) is 17.7 Å². The van der Waals surface area contributed by atoms with Crippen LogP contribution in [-0.2, 0) is 0 Å². The second-order valence-electron chi connectivity index (χ2n) is 7.85. The number of alkyl halides is 3. The third-order valence-electron chi connectivity index (χ3n) is 5.80. The van der Waals surface area contributed by atoms with Crippen molar-refractivity contribution in [3.63, 3.8) is 0 Å². The number of aromatic amines is 1. The Morgan fingerprint density at radius 1 is 1.00 bits per heavy atom. The number of hydrogen-bond acceptors (Lipinski definition) is 6. The molecule has 1 aromatic carbocycles. The van der Waals surface area contributed by atoms with Gasteiger partial charge in [-0.05, 0) is 45.0 Å². The lowest BCUT2D eigenvalue weighted by Gasteiger charge is -2.39. The number of benzene rings is 1. The van der Waals surface area contributed by atoms with Crippen molar-refractivity contribution in [2.75, 3.05) is 31.1 Å². The maximum Gasteiger partial charge on any atom is 0.573 e. The van der Waals surface area contributed by atoms with E-state index in [0.29, 0.717) is 11.3 Å². The number of nitrogens with zero attached hydrogens (tertiary/aromatic N) is 5. The third kappa shape index (κ3) is 5.56. The fourth-order valence-corrected chi connectivity index (χ4v) is 4.26. The second kappa shape index (κ2) is 9.96. The molecule has 0 amide bonds. The quantitative estimate of drug-likeness (QED) is 0.569. The number of aryl methyl sites for hydroxylation is 2. The molecule has 7 nitrogen and oxygen atoms in total. The van der Waals surface area contributed by atoms with Crippen molar-refractivity contribution in [3.8, 4) is 17.0 Å². The topological polar surface area (TPSA) is 70.2 Å². The number of rotatable bonds is 5. The molecule has 1 atom stereocenters. The number of ether oxygens (including phenoxy) is 1. The molecule has 0 bridgehead atoms. The first kappa shape index (κ1) is 24.8. The van der Waals surface area contributed by atoms with E-state index in [4.69, 9.17) is 0 Å². The van der Waals surface area contributed by atoms with Gasteiger partial charge in [-0.2, -0.15) is 5.10 Å². The molecular weight excluding hydrogens is 457 g/mol. The van der Waals surface area contributed by atoms with Gasteiger partial charge >= 0.3 is 6.36 Å². The van der Waals surface area contributed by atoms with Crippen LogP contribution in [0, 0.1) is 13.8 Å². The highest BCUT2D eigenvalue weighted by atomic mass is 35.5. The molecule has 11 heteroatoms. The highest BCUT2D eigenvalue weighted by Gasteiger charge is 2.31. The molecule has 2 aromatic heterocycles. The lowest BCUT2D eigenvalue weighted by Crippen LogP contribution is -2.47. The Kier molecular flexibility index (Phi) is 7.48. The molecule has 1 aliphatic rings. The molecule has 1 aliphatic heterocycles. The highest BCUT2D eigenvalue weighted by molar-refractivity contribution is 5.85. The number of aromatic nitrogens is 4. The maximum absolute atomic E-state index is 12.4. The van der Waals surface area contributed by atoms with Gasteiger partial charge in [0.2, 0.25) is 0 Å². The van der Waals surface area contributed by atoms with Crippen molar-refractivity contribution in [2.24, 2.45) is 0 Å². The molecule has 0 radical (unpaired) electrons. The van der Waals surface area contributed by atoms with Gasteiger partial charge in [0, 0.05) is 61.4 Å². The van der Waals surface area contributed by atoms with E-state index < -0.39 is 6.36 Å². The predicted molar refractivity (Wildman–Crippen MR) is 122 cm³/mol. The lowest BCUT2D eigenvalue weighted by molar-refractivity contribution is -0.274. The van der Waals surface area contributed by atoms with Crippen molar-refractivity contribution in [1.82, 2.24) is 25.1 Å². The van der Waals surface area contributed by atoms with Crippen LogP contribution in [0.25, 0.3) is 11.3 Å². The summed E-state index contributed by atoms with van der Waals surface area (Å²) in [6.07, 6.45) is -1.50. The average molecular weight is 483 g/mol. The summed E-state index contributed by atoms with van der Waals surface area (Å²) in [7, 11) is 0. The summed E-state index contributed by atoms with van der Waals surface area (Å²) >= 11 is 0. The summed E-state index contributed by atoms with van der Waals surface area (Å²) in [6.45, 7) is 9.47. The van der Waals surface area contributed by atoms with Gasteiger partial charge in [-0.25, -0.2) is 4.98 Å². The zero-order chi connectivity index (χ0) is 22.9. The van der Waals surface area contributed by atoms with Crippen LogP contribution in [0.5, 0.6) is 5.75 Å². The smallest absolute Gasteiger partial charge is 0.406 e. The van der Waals surface area contributed by atoms with Gasteiger partial charge in [0.25, 0.3) is 0 Å². The third-order valence-corrected chi connectivity index (χ3v) is 5.80. The zero-order valence-electron chi connectivity index (χ0n) is 18.6. The molecule has 1 unspecified atom stereocenters. The zero-order valence-corrected chi connectivity index (χ0v) is 19.4. The summed E-state index contributed by atoms with van der Waals surface area (Å²) in [5.74, 6) is 0.457. The fraction of sp³-hybridized carbons (Fsp3) is 0.409. The van der Waals surface area contributed by atoms with E-state index in [1.54, 1.807) is 24.5 Å². The monoisotopic (exact) mass is 482 g/mol. The SMILES string of the molecule is Cc1n[nH]c(C)c1C(C)N1CCN(c2nccnc2-c2ccc(OC(F)(F)F)cc2)CC1.Cl. The van der Waals surface area contributed by atoms with Crippen LogP contribution in [0.3, 0.4) is 0 Å². The highest BCUT2D eigenvalue weighted by Crippen LogP contribution is 2.32. The number of nitrogens with one attached hydrogen (secondary N) is 1. The van der Waals surface area contributed by atoms with Crippen LogP contribution < -0.4 is 9.64 Å². The Labute approximate surface area is 196 Å². The summed E-state index contributed by atoms with van der Waals surface area (Å²) in [4.78, 5) is 13.6. The van der Waals surface area contributed by atoms with Crippen molar-refractivity contribution >= 4 is 18.2 Å². The first-order valence-electron chi connectivity index (χ1n) is 10.4. The van der Waals surface area contributed by atoms with Crippen LogP contribution in [0.1, 0.15) is 29.9 Å². The molecular formula is C22H26ClF3N6O. The van der Waals surface area contributed by atoms with Crippen LogP contribution in [-0.4, -0.2) is 57.6 Å². The second-order valence-corrected chi connectivity index (χ2v) is 7.85. The van der Waals surface area contributed by atoms with Gasteiger partial charge in [-0.3, -0.25) is 15.0 Å². The first-order valence-corrected chi connectivity index (χ1v) is 10.4. The maximum atomic E-state index is 12.4. The normalized spacial score (nSPS) is 15.8. The fourth-order valence-electron chi connectivity index (χ4n) is 4.26. The number of hydrogen-bond donors (Lipinski definition) is 1. The molecule has 1 fully saturated rings. The Balaban J connectivity index is 0.00000306. The van der Waals surface area contributed by atoms with Crippen LogP contribution >= 0.6 is 12.4 Å². The van der Waals surface area contributed by atoms with Gasteiger partial charge < -0.3 is 9.64 Å². The first-order chi connectivity index (χ1) is 15.2. The number of H-pyrrole nitrogens is 1. The standard InChI is InChI=1S/C22H25F3N6O.ClH/c1-14-19(15(2)29-28-14)16(3)30-10-12-31(13-11-30)21-20(26-8-9-27-21)17-4-6-18(7-5-17)32-22(23,24)25;/h4-9,16H,10-13H2,1-3H3,(H,28,29);1H. The van der Waals surface area contributed by atoms with Crippen molar-refractivity contribution in [1.29, 1.82) is 0 Å². The summed E-state index contributed by atoms with van der Waals surface area (Å²) < 4.78 is 41.3. The minimum absolute atomic E-state index is 0. The van der Waals surface area contributed by atoms with E-state index in [-0.39, 0.29) is 24.2 Å². The van der Waals surface area contributed by atoms with E-state index in [0.717, 1.165) is 43.4 Å². The van der Waals surface area contributed by atoms with E-state index >= 15 is 0 Å². The summed E-state index contributed by atoms with van der Waals surface area (Å²) in [6, 6.07) is 5.96. The van der Waals surface area contributed by atoms with Gasteiger partial charge in [0.15, 0.2) is 5.82 Å². The molecule has 0 aliphatic carbocycles. The Morgan fingerprint density at radius 2 is 1.64 bits per heavy atom. The number of anilines is 1. The Hall–Kier alpha value is -2.85. The molecule has 0 saturated carbocycles. The van der Waals surface area contributed by atoms with E-state index in [1.807, 2.05) is 13.8 Å². The summed E-state index contributed by atoms with van der Waals surface area (Å²) in [5.41, 5.74) is 4.66. The van der Waals surface area contributed by atoms with Crippen LogP contribution in [0.2, 0.25) is 0 Å². The minimum atomic E-state index is -4.72. The van der Waals surface area contributed by atoms with Crippen LogP contribution in [0.4, 0.5) is 19.0 Å². The molecule has 3 aromatic rings. The largest absolute Gasteiger partial charge is 0.573 e. The van der Waals surface area contributed by atoms with Crippen LogP contribution in [0.15, 0.2) is 36.7 Å². The van der Waals surface area contributed by atoms with Gasteiger partial charge in [0.1, 0.15) is 11.4 Å². The minimum Gasteiger partial charge on any atom is -0.406 e. The summed E-state index contributed by atoms with van der Waals surface area (Å²) in [5, 5.41) is 7.37. The Bertz CT molecular complexity index is 1050. The van der Waals surface area contributed by atoms with Crippen molar-refractivity contribution in [2.45, 2.75) is 33.2 Å². The molecule has 0 spiro atoms. The molecule has 1 saturated heterocycles. The number of piperazine rings is 1. The molecule has 3 heterocycles. The van der Waals surface area contributed by atoms with Gasteiger partial charge in [0.05, 0.1) is 5.69 Å². The van der Waals surface area contributed by atoms with Crippen molar-refractivity contribution in [3.05, 3.63) is 53.6 Å². The van der Waals surface area contributed by atoms with Crippen molar-refractivity contribution < 1.29 is 17.9 Å². The van der Waals surface area contributed by atoms with E-state index in [9.17, 15) is 13.2 Å². The van der Waals surface area contributed by atoms with Gasteiger partial charge in [-0.1, -0.05) is 0 Å². The number of halogens is 4. The Morgan fingerprint density at radius 3 is 2.21 bits per heavy atom. The average Bonchev–Trinajstić information content (AvgIpc) is 3.11. The molecule has 4 rings (SSSR count). The molecule has 178 valence electrons. The lowest BCUT2D eigenvalue weighted by atomic mass is 10.0. The van der Waals surface area contributed by atoms with Gasteiger partial charge in [-0.15, -0.1) is 25.6 Å². The molecule has 33 heavy (non-hydrogen) atoms. The van der Waals surface area contributed by atoms with E-state index in [2.05, 4.69) is 41.6 Å². The predicted octanol–water partition coefficient (Wildman–Crippen LogP) is 4.69. The molecule has 1 N–H and O–H groups in total.